The molecule has 0 spiro atoms. The minimum Gasteiger partial charge on any atom is -0.487 e. The van der Waals surface area contributed by atoms with Crippen LogP contribution in [0, 0.1) is 0 Å². The van der Waals surface area contributed by atoms with Crippen LogP contribution < -0.4 is 4.74 Å². The Labute approximate surface area is 126 Å². The Balaban J connectivity index is 1.94. The molecule has 0 atom stereocenters. The first-order valence-corrected chi connectivity index (χ1v) is 8.46. The van der Waals surface area contributed by atoms with E-state index in [1.807, 2.05) is 30.3 Å². The summed E-state index contributed by atoms with van der Waals surface area (Å²) < 4.78 is 38.0. The van der Waals surface area contributed by atoms with E-state index in [1.54, 1.807) is 18.2 Å². The maximum Gasteiger partial charge on any atom is 0.304 e. The van der Waals surface area contributed by atoms with Crippen molar-refractivity contribution >= 4 is 31.5 Å². The number of fused-ring (bicyclic) bond motifs is 1. The highest BCUT2D eigenvalue weighted by molar-refractivity contribution is 7.88. The molecular weight excluding hydrogens is 308 g/mol. The molecule has 108 valence electrons. The Morgan fingerprint density at radius 2 is 1.81 bits per heavy atom. The van der Waals surface area contributed by atoms with Crippen molar-refractivity contribution in [2.45, 2.75) is 10.8 Å². The van der Waals surface area contributed by atoms with Crippen LogP contribution in [0.1, 0.15) is 5.56 Å². The van der Waals surface area contributed by atoms with Gasteiger partial charge in [0.1, 0.15) is 16.6 Å². The second-order valence-electron chi connectivity index (χ2n) is 4.49. The summed E-state index contributed by atoms with van der Waals surface area (Å²) in [7, 11) is -4.19. The monoisotopic (exact) mass is 320 g/mol. The zero-order valence-corrected chi connectivity index (χ0v) is 12.5. The Morgan fingerprint density at radius 1 is 1.05 bits per heavy atom. The lowest BCUT2D eigenvalue weighted by Gasteiger charge is -2.07. The van der Waals surface area contributed by atoms with E-state index in [9.17, 15) is 8.42 Å². The van der Waals surface area contributed by atoms with Crippen molar-refractivity contribution in [3.05, 3.63) is 60.2 Å². The molecule has 0 aliphatic carbocycles. The molecule has 0 unspecified atom stereocenters. The maximum absolute atomic E-state index is 11.2. The SMILES string of the molecule is O=S(=O)(O)c1cc2cccc(OCc3ccccc3)c2s1. The third kappa shape index (κ3) is 3.07. The number of rotatable bonds is 4. The molecule has 1 N–H and O–H groups in total. The van der Waals surface area contributed by atoms with Crippen LogP contribution in [0.2, 0.25) is 0 Å². The molecule has 3 rings (SSSR count). The lowest BCUT2D eigenvalue weighted by atomic mass is 10.2. The fraction of sp³-hybridized carbons (Fsp3) is 0.0667. The average Bonchev–Trinajstić information content (AvgIpc) is 2.91. The Hall–Kier alpha value is -1.89. The molecule has 0 fully saturated rings. The summed E-state index contributed by atoms with van der Waals surface area (Å²) in [4.78, 5) is 0. The molecule has 0 saturated carbocycles. The Morgan fingerprint density at radius 3 is 2.52 bits per heavy atom. The van der Waals surface area contributed by atoms with Gasteiger partial charge in [-0.3, -0.25) is 4.55 Å². The average molecular weight is 320 g/mol. The quantitative estimate of drug-likeness (QED) is 0.744. The highest BCUT2D eigenvalue weighted by Crippen LogP contribution is 2.35. The van der Waals surface area contributed by atoms with Gasteiger partial charge < -0.3 is 4.74 Å². The lowest BCUT2D eigenvalue weighted by molar-refractivity contribution is 0.310. The van der Waals surface area contributed by atoms with Crippen molar-refractivity contribution in [2.24, 2.45) is 0 Å². The van der Waals surface area contributed by atoms with Gasteiger partial charge in [-0.05, 0) is 23.1 Å². The second-order valence-corrected chi connectivity index (χ2v) is 7.19. The topological polar surface area (TPSA) is 63.6 Å². The van der Waals surface area contributed by atoms with Crippen LogP contribution in [0.15, 0.2) is 58.8 Å². The molecule has 1 aromatic heterocycles. The van der Waals surface area contributed by atoms with E-state index in [0.717, 1.165) is 22.3 Å². The molecule has 0 aliphatic heterocycles. The van der Waals surface area contributed by atoms with Crippen molar-refractivity contribution in [3.8, 4) is 5.75 Å². The number of hydrogen-bond acceptors (Lipinski definition) is 4. The van der Waals surface area contributed by atoms with Gasteiger partial charge in [0.05, 0.1) is 4.70 Å². The summed E-state index contributed by atoms with van der Waals surface area (Å²) >= 11 is 1.00. The normalized spacial score (nSPS) is 11.7. The van der Waals surface area contributed by atoms with Crippen molar-refractivity contribution < 1.29 is 17.7 Å². The minimum atomic E-state index is -4.19. The summed E-state index contributed by atoms with van der Waals surface area (Å²) in [6.07, 6.45) is 0. The van der Waals surface area contributed by atoms with Gasteiger partial charge >= 0.3 is 10.1 Å². The lowest BCUT2D eigenvalue weighted by Crippen LogP contribution is -1.94. The van der Waals surface area contributed by atoms with Gasteiger partial charge in [-0.25, -0.2) is 0 Å². The van der Waals surface area contributed by atoms with E-state index in [4.69, 9.17) is 9.29 Å². The van der Waals surface area contributed by atoms with Crippen LogP contribution >= 0.6 is 11.3 Å². The molecule has 4 nitrogen and oxygen atoms in total. The molecule has 0 aliphatic rings. The maximum atomic E-state index is 11.2. The van der Waals surface area contributed by atoms with Crippen molar-refractivity contribution in [1.82, 2.24) is 0 Å². The first-order valence-electron chi connectivity index (χ1n) is 6.21. The predicted octanol–water partition coefficient (Wildman–Crippen LogP) is 3.73. The summed E-state index contributed by atoms with van der Waals surface area (Å²) in [5.41, 5.74) is 1.03. The van der Waals surface area contributed by atoms with Gasteiger partial charge in [-0.2, -0.15) is 8.42 Å². The van der Waals surface area contributed by atoms with Crippen LogP contribution in [0.4, 0.5) is 0 Å². The van der Waals surface area contributed by atoms with Crippen molar-refractivity contribution in [2.75, 3.05) is 0 Å². The van der Waals surface area contributed by atoms with Gasteiger partial charge in [-0.15, -0.1) is 11.3 Å². The minimum absolute atomic E-state index is 0.0757. The fourth-order valence-corrected chi connectivity index (χ4v) is 3.80. The molecule has 3 aromatic rings. The number of thiophene rings is 1. The standard InChI is InChI=1S/C15H12O4S2/c16-21(17,18)14-9-12-7-4-8-13(15(12)20-14)19-10-11-5-2-1-3-6-11/h1-9H,10H2,(H,16,17,18). The Kier molecular flexibility index (Phi) is 3.67. The number of benzene rings is 2. The first-order chi connectivity index (χ1) is 10.0. The van der Waals surface area contributed by atoms with Gasteiger partial charge in [0, 0.05) is 0 Å². The summed E-state index contributed by atoms with van der Waals surface area (Å²) in [5, 5.41) is 0.734. The predicted molar refractivity (Wildman–Crippen MR) is 82.4 cm³/mol. The number of hydrogen-bond donors (Lipinski definition) is 1. The molecule has 0 bridgehead atoms. The van der Waals surface area contributed by atoms with Crippen LogP contribution in [-0.2, 0) is 16.7 Å². The van der Waals surface area contributed by atoms with Crippen LogP contribution in [0.5, 0.6) is 5.75 Å². The first kappa shape index (κ1) is 14.1. The Bertz CT molecular complexity index is 867. The van der Waals surface area contributed by atoms with Gasteiger partial charge in [-0.1, -0.05) is 42.5 Å². The molecule has 1 heterocycles. The van der Waals surface area contributed by atoms with Gasteiger partial charge in [0.2, 0.25) is 0 Å². The third-order valence-corrected chi connectivity index (χ3v) is 5.45. The van der Waals surface area contributed by atoms with E-state index < -0.39 is 10.1 Å². The highest BCUT2D eigenvalue weighted by atomic mass is 32.3. The molecule has 0 radical (unpaired) electrons. The summed E-state index contributed by atoms with van der Waals surface area (Å²) in [5.74, 6) is 0.608. The van der Waals surface area contributed by atoms with Crippen LogP contribution in [0.3, 0.4) is 0 Å². The summed E-state index contributed by atoms with van der Waals surface area (Å²) in [6, 6.07) is 16.5. The molecular formula is C15H12O4S2. The van der Waals surface area contributed by atoms with E-state index >= 15 is 0 Å². The smallest absolute Gasteiger partial charge is 0.304 e. The van der Waals surface area contributed by atoms with E-state index in [-0.39, 0.29) is 4.21 Å². The highest BCUT2D eigenvalue weighted by Gasteiger charge is 2.16. The fourth-order valence-electron chi connectivity index (χ4n) is 1.99. The molecule has 0 amide bonds. The van der Waals surface area contributed by atoms with Crippen molar-refractivity contribution in [3.63, 3.8) is 0 Å². The zero-order chi connectivity index (χ0) is 14.9. The van der Waals surface area contributed by atoms with Gasteiger partial charge in [0.25, 0.3) is 0 Å². The third-order valence-electron chi connectivity index (χ3n) is 2.98. The summed E-state index contributed by atoms with van der Waals surface area (Å²) in [6.45, 7) is 0.402. The van der Waals surface area contributed by atoms with E-state index in [1.165, 1.54) is 6.07 Å². The molecule has 21 heavy (non-hydrogen) atoms. The van der Waals surface area contributed by atoms with Gasteiger partial charge in [0.15, 0.2) is 0 Å². The molecule has 2 aromatic carbocycles. The molecule has 6 heteroatoms. The van der Waals surface area contributed by atoms with Crippen LogP contribution in [0.25, 0.3) is 10.1 Å². The second kappa shape index (κ2) is 5.48. The number of ether oxygens (including phenoxy) is 1. The largest absolute Gasteiger partial charge is 0.487 e. The van der Waals surface area contributed by atoms with E-state index in [2.05, 4.69) is 0 Å². The van der Waals surface area contributed by atoms with E-state index in [0.29, 0.717) is 17.1 Å². The zero-order valence-electron chi connectivity index (χ0n) is 10.9. The van der Waals surface area contributed by atoms with Crippen LogP contribution in [-0.4, -0.2) is 13.0 Å². The van der Waals surface area contributed by atoms with Crippen molar-refractivity contribution in [1.29, 1.82) is 0 Å². The molecule has 0 saturated heterocycles.